The summed E-state index contributed by atoms with van der Waals surface area (Å²) in [5, 5.41) is 3.32. The molecule has 0 fully saturated rings. The van der Waals surface area contributed by atoms with E-state index >= 15 is 0 Å². The molecule has 0 amide bonds. The van der Waals surface area contributed by atoms with E-state index < -0.39 is 0 Å². The largest absolute Gasteiger partial charge is 0.465 e. The third-order valence-electron chi connectivity index (χ3n) is 3.29. The lowest BCUT2D eigenvalue weighted by atomic mass is 10.1. The van der Waals surface area contributed by atoms with E-state index in [-0.39, 0.29) is 5.97 Å². The number of carbonyl (C=O) groups excluding carboxylic acids is 1. The van der Waals surface area contributed by atoms with E-state index in [1.54, 1.807) is 6.07 Å². The summed E-state index contributed by atoms with van der Waals surface area (Å²) < 4.78 is 4.80. The topological polar surface area (TPSA) is 41.6 Å². The molecule has 4 nitrogen and oxygen atoms in total. The maximum atomic E-state index is 11.7. The Bertz CT molecular complexity index is 606. The molecule has 0 aliphatic heterocycles. The van der Waals surface area contributed by atoms with Gasteiger partial charge in [-0.25, -0.2) is 4.79 Å². The second-order valence-corrected chi connectivity index (χ2v) is 4.94. The average molecular weight is 284 g/mol. The highest BCUT2D eigenvalue weighted by Gasteiger charge is 2.10. The van der Waals surface area contributed by atoms with E-state index in [4.69, 9.17) is 4.74 Å². The van der Waals surface area contributed by atoms with Crippen molar-refractivity contribution < 1.29 is 9.53 Å². The van der Waals surface area contributed by atoms with Gasteiger partial charge in [0.25, 0.3) is 0 Å². The van der Waals surface area contributed by atoms with E-state index in [1.807, 2.05) is 44.4 Å². The molecule has 0 unspecified atom stereocenters. The van der Waals surface area contributed by atoms with Crippen LogP contribution in [0.3, 0.4) is 0 Å². The van der Waals surface area contributed by atoms with Crippen LogP contribution in [0.15, 0.2) is 48.5 Å². The zero-order valence-electron chi connectivity index (χ0n) is 12.6. The van der Waals surface area contributed by atoms with Gasteiger partial charge in [0.05, 0.1) is 12.7 Å². The Kier molecular flexibility index (Phi) is 4.82. The van der Waals surface area contributed by atoms with Gasteiger partial charge in [0.2, 0.25) is 0 Å². The molecule has 0 radical (unpaired) electrons. The van der Waals surface area contributed by atoms with Gasteiger partial charge in [-0.15, -0.1) is 0 Å². The first kappa shape index (κ1) is 14.9. The van der Waals surface area contributed by atoms with Crippen LogP contribution in [0.1, 0.15) is 15.9 Å². The summed E-state index contributed by atoms with van der Waals surface area (Å²) in [7, 11) is 5.41. The number of anilines is 2. The van der Waals surface area contributed by atoms with Crippen molar-refractivity contribution in [2.24, 2.45) is 0 Å². The summed E-state index contributed by atoms with van der Waals surface area (Å²) in [6.45, 7) is 0.576. The minimum atomic E-state index is -0.310. The molecule has 2 aromatic rings. The van der Waals surface area contributed by atoms with Crippen LogP contribution in [0.4, 0.5) is 11.4 Å². The summed E-state index contributed by atoms with van der Waals surface area (Å²) in [5.41, 5.74) is 3.68. The molecular formula is C17H20N2O2. The zero-order valence-corrected chi connectivity index (χ0v) is 12.6. The molecule has 0 bridgehead atoms. The van der Waals surface area contributed by atoms with Crippen molar-refractivity contribution in [2.45, 2.75) is 6.54 Å². The lowest BCUT2D eigenvalue weighted by Crippen LogP contribution is -2.10. The highest BCUT2D eigenvalue weighted by molar-refractivity contribution is 5.91. The molecule has 0 spiro atoms. The first-order chi connectivity index (χ1) is 10.1. The Hall–Kier alpha value is -2.49. The normalized spacial score (nSPS) is 10.0. The fourth-order valence-electron chi connectivity index (χ4n) is 2.06. The monoisotopic (exact) mass is 284 g/mol. The molecule has 1 N–H and O–H groups in total. The fourth-order valence-corrected chi connectivity index (χ4v) is 2.06. The van der Waals surface area contributed by atoms with Crippen molar-refractivity contribution in [1.82, 2.24) is 0 Å². The van der Waals surface area contributed by atoms with Crippen LogP contribution in [-0.4, -0.2) is 27.2 Å². The molecule has 0 saturated carbocycles. The number of hydrogen-bond donors (Lipinski definition) is 1. The molecule has 0 saturated heterocycles. The molecule has 2 rings (SSSR count). The Morgan fingerprint density at radius 2 is 1.76 bits per heavy atom. The van der Waals surface area contributed by atoms with Crippen molar-refractivity contribution in [1.29, 1.82) is 0 Å². The van der Waals surface area contributed by atoms with Gasteiger partial charge >= 0.3 is 5.97 Å². The van der Waals surface area contributed by atoms with Crippen LogP contribution >= 0.6 is 0 Å². The molecule has 4 heteroatoms. The van der Waals surface area contributed by atoms with Crippen LogP contribution in [-0.2, 0) is 11.3 Å². The molecule has 0 aliphatic rings. The molecule has 110 valence electrons. The summed E-state index contributed by atoms with van der Waals surface area (Å²) >= 11 is 0. The Morgan fingerprint density at radius 1 is 1.10 bits per heavy atom. The number of carbonyl (C=O) groups is 1. The maximum absolute atomic E-state index is 11.7. The van der Waals surface area contributed by atoms with Crippen LogP contribution in [0.5, 0.6) is 0 Å². The molecule has 0 atom stereocenters. The van der Waals surface area contributed by atoms with Gasteiger partial charge in [-0.3, -0.25) is 0 Å². The molecular weight excluding hydrogens is 264 g/mol. The standard InChI is InChI=1S/C17H20N2O2/c1-19(2)15-10-8-14(9-11-15)18-12-13-6-4-5-7-16(13)17(20)21-3/h4-11,18H,12H2,1-3H3. The second-order valence-electron chi connectivity index (χ2n) is 4.94. The summed E-state index contributed by atoms with van der Waals surface area (Å²) in [6.07, 6.45) is 0. The van der Waals surface area contributed by atoms with Crippen molar-refractivity contribution >= 4 is 17.3 Å². The van der Waals surface area contributed by atoms with Crippen molar-refractivity contribution in [2.75, 3.05) is 31.4 Å². The SMILES string of the molecule is COC(=O)c1ccccc1CNc1ccc(N(C)C)cc1. The van der Waals surface area contributed by atoms with Gasteiger partial charge < -0.3 is 15.0 Å². The average Bonchev–Trinajstić information content (AvgIpc) is 2.52. The second kappa shape index (κ2) is 6.79. The van der Waals surface area contributed by atoms with Crippen LogP contribution in [0.2, 0.25) is 0 Å². The fraction of sp³-hybridized carbons (Fsp3) is 0.235. The van der Waals surface area contributed by atoms with Crippen LogP contribution in [0.25, 0.3) is 0 Å². The third-order valence-corrected chi connectivity index (χ3v) is 3.29. The van der Waals surface area contributed by atoms with Crippen molar-refractivity contribution in [3.8, 4) is 0 Å². The van der Waals surface area contributed by atoms with Crippen molar-refractivity contribution in [3.05, 3.63) is 59.7 Å². The van der Waals surface area contributed by atoms with Crippen LogP contribution < -0.4 is 10.2 Å². The number of esters is 1. The predicted octanol–water partition coefficient (Wildman–Crippen LogP) is 3.15. The van der Waals surface area contributed by atoms with Gasteiger partial charge in [0, 0.05) is 32.0 Å². The summed E-state index contributed by atoms with van der Waals surface area (Å²) in [4.78, 5) is 13.8. The Balaban J connectivity index is 2.08. The number of hydrogen-bond acceptors (Lipinski definition) is 4. The lowest BCUT2D eigenvalue weighted by Gasteiger charge is -2.14. The number of methoxy groups -OCH3 is 1. The minimum absolute atomic E-state index is 0.310. The molecule has 2 aromatic carbocycles. The quantitative estimate of drug-likeness (QED) is 0.856. The Morgan fingerprint density at radius 3 is 2.38 bits per heavy atom. The number of benzene rings is 2. The van der Waals surface area contributed by atoms with Gasteiger partial charge in [-0.1, -0.05) is 18.2 Å². The highest BCUT2D eigenvalue weighted by Crippen LogP contribution is 2.17. The summed E-state index contributed by atoms with van der Waals surface area (Å²) in [6, 6.07) is 15.6. The Labute approximate surface area is 125 Å². The van der Waals surface area contributed by atoms with E-state index in [2.05, 4.69) is 22.3 Å². The number of nitrogens with one attached hydrogen (secondary N) is 1. The van der Waals surface area contributed by atoms with Gasteiger partial charge in [-0.05, 0) is 35.9 Å². The molecule has 0 aliphatic carbocycles. The van der Waals surface area contributed by atoms with E-state index in [9.17, 15) is 4.79 Å². The van der Waals surface area contributed by atoms with Gasteiger partial charge in [0.1, 0.15) is 0 Å². The van der Waals surface area contributed by atoms with Crippen LogP contribution in [0, 0.1) is 0 Å². The summed E-state index contributed by atoms with van der Waals surface area (Å²) in [5.74, 6) is -0.310. The molecule has 21 heavy (non-hydrogen) atoms. The van der Waals surface area contributed by atoms with Crippen molar-refractivity contribution in [3.63, 3.8) is 0 Å². The van der Waals surface area contributed by atoms with Gasteiger partial charge in [-0.2, -0.15) is 0 Å². The highest BCUT2D eigenvalue weighted by atomic mass is 16.5. The smallest absolute Gasteiger partial charge is 0.338 e. The van der Waals surface area contributed by atoms with E-state index in [0.29, 0.717) is 12.1 Å². The lowest BCUT2D eigenvalue weighted by molar-refractivity contribution is 0.0599. The number of ether oxygens (including phenoxy) is 1. The first-order valence-electron chi connectivity index (χ1n) is 6.79. The molecule has 0 aromatic heterocycles. The van der Waals surface area contributed by atoms with Gasteiger partial charge in [0.15, 0.2) is 0 Å². The predicted molar refractivity (Wildman–Crippen MR) is 85.9 cm³/mol. The first-order valence-corrected chi connectivity index (χ1v) is 6.79. The minimum Gasteiger partial charge on any atom is -0.465 e. The zero-order chi connectivity index (χ0) is 15.2. The van der Waals surface area contributed by atoms with E-state index in [1.165, 1.54) is 7.11 Å². The van der Waals surface area contributed by atoms with E-state index in [0.717, 1.165) is 16.9 Å². The third kappa shape index (κ3) is 3.75. The number of nitrogens with zero attached hydrogens (tertiary/aromatic N) is 1. The molecule has 0 heterocycles. The maximum Gasteiger partial charge on any atom is 0.338 e. The number of rotatable bonds is 5.